The van der Waals surface area contributed by atoms with Crippen molar-refractivity contribution in [3.8, 4) is 11.1 Å². The number of nitrogens with two attached hydrogens (primary N) is 1. The van der Waals surface area contributed by atoms with Gasteiger partial charge in [0, 0.05) is 11.1 Å². The summed E-state index contributed by atoms with van der Waals surface area (Å²) in [5, 5.41) is 17.7. The summed E-state index contributed by atoms with van der Waals surface area (Å²) in [4.78, 5) is 36.5. The minimum absolute atomic E-state index is 0.332. The quantitative estimate of drug-likeness (QED) is 0.621. The molecule has 5 N–H and O–H groups in total. The number of benzene rings is 1. The highest BCUT2D eigenvalue weighted by Crippen LogP contribution is 2.38. The van der Waals surface area contributed by atoms with Gasteiger partial charge in [0.1, 0.15) is 16.9 Å². The molecule has 0 aliphatic heterocycles. The second kappa shape index (κ2) is 5.90. The normalized spacial score (nSPS) is 10.6. The van der Waals surface area contributed by atoms with E-state index in [0.29, 0.717) is 0 Å². The monoisotopic (exact) mass is 360 g/mol. The van der Waals surface area contributed by atoms with Crippen LogP contribution < -0.4 is 11.3 Å². The number of aromatic carboxylic acids is 2. The molecule has 7 nitrogen and oxygen atoms in total. The van der Waals surface area contributed by atoms with Crippen LogP contribution in [0, 0.1) is 5.82 Å². The zero-order valence-corrected chi connectivity index (χ0v) is 12.5. The van der Waals surface area contributed by atoms with Gasteiger partial charge in [0.2, 0.25) is 0 Å². The topological polar surface area (TPSA) is 133 Å². The molecule has 0 amide bonds. The number of carboxylic acid groups (broad SMARTS) is 2. The minimum atomic E-state index is -1.78. The number of hydrogen-bond donors (Lipinski definition) is 4. The molecule has 0 unspecified atom stereocenters. The van der Waals surface area contributed by atoms with Gasteiger partial charge in [-0.1, -0.05) is 23.2 Å². The molecule has 0 saturated carbocycles. The molecule has 1 heterocycles. The maximum Gasteiger partial charge on any atom is 0.342 e. The van der Waals surface area contributed by atoms with Crippen LogP contribution in [0.4, 0.5) is 10.2 Å². The van der Waals surface area contributed by atoms with Crippen molar-refractivity contribution in [1.82, 2.24) is 4.98 Å². The first kappa shape index (κ1) is 16.8. The molecule has 1 aromatic heterocycles. The number of carbonyl (C=O) groups is 2. The Balaban J connectivity index is 3.14. The second-order valence-electron chi connectivity index (χ2n) is 4.32. The lowest BCUT2D eigenvalue weighted by atomic mass is 9.95. The molecule has 120 valence electrons. The number of aromatic amines is 1. The first-order valence-corrected chi connectivity index (χ1v) is 6.58. The van der Waals surface area contributed by atoms with Gasteiger partial charge < -0.3 is 20.9 Å². The molecule has 0 bridgehead atoms. The Morgan fingerprint density at radius 2 is 1.57 bits per heavy atom. The zero-order valence-electron chi connectivity index (χ0n) is 11.0. The minimum Gasteiger partial charge on any atom is -0.478 e. The van der Waals surface area contributed by atoms with Crippen molar-refractivity contribution in [1.29, 1.82) is 0 Å². The first-order valence-electron chi connectivity index (χ1n) is 5.83. The van der Waals surface area contributed by atoms with E-state index in [1.165, 1.54) is 0 Å². The van der Waals surface area contributed by atoms with Crippen molar-refractivity contribution in [3.63, 3.8) is 0 Å². The van der Waals surface area contributed by atoms with Crippen LogP contribution in [0.25, 0.3) is 11.1 Å². The van der Waals surface area contributed by atoms with Crippen LogP contribution in [0.1, 0.15) is 20.7 Å². The van der Waals surface area contributed by atoms with Crippen molar-refractivity contribution in [2.75, 3.05) is 5.73 Å². The number of nitrogens with one attached hydrogen (secondary N) is 1. The Morgan fingerprint density at radius 3 is 2.09 bits per heavy atom. The van der Waals surface area contributed by atoms with E-state index in [4.69, 9.17) is 28.9 Å². The summed E-state index contributed by atoms with van der Waals surface area (Å²) in [5.41, 5.74) is 1.04. The lowest BCUT2D eigenvalue weighted by Crippen LogP contribution is -2.24. The summed E-state index contributed by atoms with van der Waals surface area (Å²) in [6, 6.07) is 2.23. The maximum absolute atomic E-state index is 14.3. The Morgan fingerprint density at radius 1 is 1.04 bits per heavy atom. The van der Waals surface area contributed by atoms with Gasteiger partial charge in [-0.2, -0.15) is 0 Å². The number of H-pyrrole nitrogens is 1. The lowest BCUT2D eigenvalue weighted by Gasteiger charge is -2.14. The average Bonchev–Trinajstić information content (AvgIpc) is 2.42. The predicted molar refractivity (Wildman–Crippen MR) is 80.8 cm³/mol. The number of aromatic nitrogens is 1. The molecular formula is C13H7Cl2FN2O5. The van der Waals surface area contributed by atoms with E-state index in [9.17, 15) is 29.0 Å². The van der Waals surface area contributed by atoms with Gasteiger partial charge in [0.05, 0.1) is 10.0 Å². The van der Waals surface area contributed by atoms with E-state index in [0.717, 1.165) is 12.1 Å². The second-order valence-corrected chi connectivity index (χ2v) is 5.14. The van der Waals surface area contributed by atoms with E-state index in [-0.39, 0.29) is 5.02 Å². The van der Waals surface area contributed by atoms with Crippen LogP contribution in [0.2, 0.25) is 10.0 Å². The number of rotatable bonds is 3. The summed E-state index contributed by atoms with van der Waals surface area (Å²) in [6.45, 7) is 0. The molecule has 0 saturated heterocycles. The number of anilines is 1. The largest absolute Gasteiger partial charge is 0.478 e. The fraction of sp³-hybridized carbons (Fsp3) is 0. The Kier molecular flexibility index (Phi) is 4.31. The number of carboxylic acids is 2. The zero-order chi connectivity index (χ0) is 17.5. The van der Waals surface area contributed by atoms with E-state index in [1.54, 1.807) is 0 Å². The summed E-state index contributed by atoms with van der Waals surface area (Å²) < 4.78 is 14.3. The molecule has 2 rings (SSSR count). The SMILES string of the molecule is Nc1[nH]c(=O)c(C(=O)O)c(-c2c(Cl)ccc(Cl)c2F)c1C(=O)O. The third-order valence-corrected chi connectivity index (χ3v) is 3.57. The molecule has 0 fully saturated rings. The van der Waals surface area contributed by atoms with E-state index < -0.39 is 56.4 Å². The van der Waals surface area contributed by atoms with Crippen LogP contribution in [0.15, 0.2) is 16.9 Å². The van der Waals surface area contributed by atoms with Gasteiger partial charge >= 0.3 is 11.9 Å². The van der Waals surface area contributed by atoms with Crippen LogP contribution >= 0.6 is 23.2 Å². The van der Waals surface area contributed by atoms with Crippen LogP contribution in [0.3, 0.4) is 0 Å². The molecule has 10 heteroatoms. The molecule has 0 radical (unpaired) electrons. The first-order chi connectivity index (χ1) is 10.7. The summed E-state index contributed by atoms with van der Waals surface area (Å²) in [6.07, 6.45) is 0. The molecular weight excluding hydrogens is 354 g/mol. The van der Waals surface area contributed by atoms with Crippen molar-refractivity contribution in [2.24, 2.45) is 0 Å². The highest BCUT2D eigenvalue weighted by molar-refractivity contribution is 6.36. The predicted octanol–water partition coefficient (Wildman–Crippen LogP) is 2.47. The van der Waals surface area contributed by atoms with Crippen LogP contribution in [-0.4, -0.2) is 27.1 Å². The number of pyridine rings is 1. The van der Waals surface area contributed by atoms with Crippen molar-refractivity contribution >= 4 is 41.0 Å². The van der Waals surface area contributed by atoms with Gasteiger partial charge in [-0.05, 0) is 12.1 Å². The Hall–Kier alpha value is -2.58. The van der Waals surface area contributed by atoms with Gasteiger partial charge in [-0.25, -0.2) is 14.0 Å². The fourth-order valence-corrected chi connectivity index (χ4v) is 2.45. The molecule has 0 atom stereocenters. The van der Waals surface area contributed by atoms with Gasteiger partial charge in [-0.15, -0.1) is 0 Å². The van der Waals surface area contributed by atoms with Crippen LogP contribution in [0.5, 0.6) is 0 Å². The third kappa shape index (κ3) is 2.73. The average molecular weight is 361 g/mol. The molecule has 0 aliphatic rings. The van der Waals surface area contributed by atoms with Crippen LogP contribution in [-0.2, 0) is 0 Å². The number of halogens is 3. The number of nitrogen functional groups attached to an aromatic ring is 1. The smallest absolute Gasteiger partial charge is 0.342 e. The highest BCUT2D eigenvalue weighted by Gasteiger charge is 2.30. The summed E-state index contributed by atoms with van der Waals surface area (Å²) in [5.74, 6) is -5.27. The van der Waals surface area contributed by atoms with Gasteiger partial charge in [0.15, 0.2) is 5.82 Å². The lowest BCUT2D eigenvalue weighted by molar-refractivity contribution is 0.0695. The molecule has 0 spiro atoms. The molecule has 0 aliphatic carbocycles. The Labute approximate surface area is 137 Å². The van der Waals surface area contributed by atoms with E-state index >= 15 is 0 Å². The fourth-order valence-electron chi connectivity index (χ4n) is 2.05. The van der Waals surface area contributed by atoms with E-state index in [1.807, 2.05) is 4.98 Å². The Bertz CT molecular complexity index is 910. The van der Waals surface area contributed by atoms with Crippen molar-refractivity contribution < 1.29 is 24.2 Å². The third-order valence-electron chi connectivity index (χ3n) is 2.97. The van der Waals surface area contributed by atoms with Crippen molar-refractivity contribution in [2.45, 2.75) is 0 Å². The summed E-state index contributed by atoms with van der Waals surface area (Å²) >= 11 is 11.5. The summed E-state index contributed by atoms with van der Waals surface area (Å²) in [7, 11) is 0. The molecule has 2 aromatic rings. The standard InChI is InChI=1S/C13H7Cl2FN2O5/c14-3-1-2-4(15)9(16)5(3)6-7(12(20)21)10(17)18-11(19)8(6)13(22)23/h1-2H,(H,20,21)(H,22,23)(H3,17,18,19). The van der Waals surface area contributed by atoms with Gasteiger partial charge in [-0.3, -0.25) is 4.79 Å². The number of hydrogen-bond acceptors (Lipinski definition) is 4. The maximum atomic E-state index is 14.3. The van der Waals surface area contributed by atoms with Gasteiger partial charge in [0.25, 0.3) is 5.56 Å². The highest BCUT2D eigenvalue weighted by atomic mass is 35.5. The van der Waals surface area contributed by atoms with E-state index in [2.05, 4.69) is 0 Å². The van der Waals surface area contributed by atoms with Crippen molar-refractivity contribution in [3.05, 3.63) is 49.5 Å². The molecule has 1 aromatic carbocycles. The molecule has 23 heavy (non-hydrogen) atoms.